The largest absolute Gasteiger partial charge is 0.311 e. The van der Waals surface area contributed by atoms with Crippen molar-refractivity contribution in [1.29, 1.82) is 0 Å². The second-order valence-electron chi connectivity index (χ2n) is 3.29. The van der Waals surface area contributed by atoms with Gasteiger partial charge in [-0.1, -0.05) is 6.07 Å². The van der Waals surface area contributed by atoms with Crippen molar-refractivity contribution in [3.8, 4) is 0 Å². The molecule has 78 valence electrons. The third-order valence-electron chi connectivity index (χ3n) is 1.95. The van der Waals surface area contributed by atoms with Crippen molar-refractivity contribution < 1.29 is 0 Å². The number of nitrogens with one attached hydrogen (secondary N) is 1. The van der Waals surface area contributed by atoms with Crippen molar-refractivity contribution in [2.24, 2.45) is 0 Å². The molecule has 0 saturated carbocycles. The minimum absolute atomic E-state index is 0.885. The van der Waals surface area contributed by atoms with Gasteiger partial charge in [0.2, 0.25) is 0 Å². The summed E-state index contributed by atoms with van der Waals surface area (Å²) < 4.78 is 0. The highest BCUT2D eigenvalue weighted by Crippen LogP contribution is 1.98. The van der Waals surface area contributed by atoms with Crippen LogP contribution >= 0.6 is 11.8 Å². The Bertz CT molecular complexity index is 263. The number of thioether (sulfide) groups is 1. The normalized spacial score (nSPS) is 10.4. The van der Waals surface area contributed by atoms with E-state index in [2.05, 4.69) is 28.7 Å². The van der Waals surface area contributed by atoms with Crippen molar-refractivity contribution in [2.45, 2.75) is 19.9 Å². The summed E-state index contributed by atoms with van der Waals surface area (Å²) in [7, 11) is 0. The van der Waals surface area contributed by atoms with E-state index in [1.165, 1.54) is 12.2 Å². The highest BCUT2D eigenvalue weighted by atomic mass is 32.2. The first-order valence-corrected chi connectivity index (χ1v) is 6.34. The van der Waals surface area contributed by atoms with E-state index in [0.29, 0.717) is 0 Å². The molecule has 0 fully saturated rings. The van der Waals surface area contributed by atoms with Gasteiger partial charge in [-0.25, -0.2) is 0 Å². The fraction of sp³-hybridized carbons (Fsp3) is 0.545. The Labute approximate surface area is 90.5 Å². The fourth-order valence-corrected chi connectivity index (χ4v) is 1.69. The Morgan fingerprint density at radius 3 is 3.00 bits per heavy atom. The molecule has 1 N–H and O–H groups in total. The highest BCUT2D eigenvalue weighted by molar-refractivity contribution is 7.98. The Morgan fingerprint density at radius 1 is 1.43 bits per heavy atom. The van der Waals surface area contributed by atoms with Gasteiger partial charge in [-0.3, -0.25) is 4.98 Å². The molecule has 1 aromatic heterocycles. The van der Waals surface area contributed by atoms with Crippen molar-refractivity contribution in [3.05, 3.63) is 29.6 Å². The van der Waals surface area contributed by atoms with Gasteiger partial charge in [0.05, 0.1) is 5.69 Å². The van der Waals surface area contributed by atoms with Crippen LogP contribution in [-0.4, -0.2) is 23.5 Å². The van der Waals surface area contributed by atoms with Crippen LogP contribution in [-0.2, 0) is 6.54 Å². The number of aromatic nitrogens is 1. The van der Waals surface area contributed by atoms with Gasteiger partial charge in [-0.05, 0) is 44.0 Å². The van der Waals surface area contributed by atoms with E-state index >= 15 is 0 Å². The van der Waals surface area contributed by atoms with Crippen LogP contribution < -0.4 is 5.32 Å². The Kier molecular flexibility index (Phi) is 5.64. The van der Waals surface area contributed by atoms with Crippen molar-refractivity contribution in [3.63, 3.8) is 0 Å². The number of hydrogen-bond acceptors (Lipinski definition) is 3. The van der Waals surface area contributed by atoms with E-state index in [9.17, 15) is 0 Å². The van der Waals surface area contributed by atoms with Crippen LogP contribution in [0.15, 0.2) is 18.2 Å². The number of hydrogen-bond donors (Lipinski definition) is 1. The van der Waals surface area contributed by atoms with Gasteiger partial charge in [0.25, 0.3) is 0 Å². The van der Waals surface area contributed by atoms with Crippen LogP contribution in [0.25, 0.3) is 0 Å². The lowest BCUT2D eigenvalue weighted by Crippen LogP contribution is -2.16. The summed E-state index contributed by atoms with van der Waals surface area (Å²) in [5.74, 6) is 1.23. The molecular weight excluding hydrogens is 192 g/mol. The van der Waals surface area contributed by atoms with Crippen LogP contribution in [0.4, 0.5) is 0 Å². The summed E-state index contributed by atoms with van der Waals surface area (Å²) in [4.78, 5) is 4.42. The molecule has 0 saturated heterocycles. The third kappa shape index (κ3) is 4.63. The lowest BCUT2D eigenvalue weighted by Gasteiger charge is -2.04. The molecule has 0 radical (unpaired) electrons. The van der Waals surface area contributed by atoms with E-state index in [0.717, 1.165) is 24.5 Å². The van der Waals surface area contributed by atoms with Crippen molar-refractivity contribution in [1.82, 2.24) is 10.3 Å². The number of rotatable bonds is 6. The first-order chi connectivity index (χ1) is 6.83. The number of aryl methyl sites for hydroxylation is 1. The zero-order chi connectivity index (χ0) is 10.2. The van der Waals surface area contributed by atoms with Gasteiger partial charge in [-0.15, -0.1) is 0 Å². The van der Waals surface area contributed by atoms with E-state index in [4.69, 9.17) is 0 Å². The molecule has 0 bridgehead atoms. The Morgan fingerprint density at radius 2 is 2.29 bits per heavy atom. The SMILES string of the molecule is CSCCCNCc1cccc(C)n1. The number of nitrogens with zero attached hydrogens (tertiary/aromatic N) is 1. The second kappa shape index (κ2) is 6.85. The zero-order valence-corrected chi connectivity index (χ0v) is 9.73. The predicted molar refractivity (Wildman–Crippen MR) is 63.7 cm³/mol. The van der Waals surface area contributed by atoms with Crippen molar-refractivity contribution in [2.75, 3.05) is 18.6 Å². The lowest BCUT2D eigenvalue weighted by molar-refractivity contribution is 0.666. The van der Waals surface area contributed by atoms with Crippen LogP contribution in [0.5, 0.6) is 0 Å². The van der Waals surface area contributed by atoms with Gasteiger partial charge in [0.1, 0.15) is 0 Å². The minimum atomic E-state index is 0.885. The summed E-state index contributed by atoms with van der Waals surface area (Å²) in [6.45, 7) is 3.99. The molecule has 1 heterocycles. The van der Waals surface area contributed by atoms with Crippen LogP contribution in [0.1, 0.15) is 17.8 Å². The summed E-state index contributed by atoms with van der Waals surface area (Å²) in [6, 6.07) is 6.15. The maximum absolute atomic E-state index is 4.42. The molecule has 1 rings (SSSR count). The molecule has 0 aliphatic heterocycles. The molecule has 0 unspecified atom stereocenters. The third-order valence-corrected chi connectivity index (χ3v) is 2.65. The van der Waals surface area contributed by atoms with Gasteiger partial charge < -0.3 is 5.32 Å². The second-order valence-corrected chi connectivity index (χ2v) is 4.28. The molecule has 3 heteroatoms. The fourth-order valence-electron chi connectivity index (χ4n) is 1.26. The first kappa shape index (κ1) is 11.5. The standard InChI is InChI=1S/C11H18N2S/c1-10-5-3-6-11(13-10)9-12-7-4-8-14-2/h3,5-6,12H,4,7-9H2,1-2H3. The summed E-state index contributed by atoms with van der Waals surface area (Å²) in [5, 5.41) is 3.39. The van der Waals surface area contributed by atoms with Crippen molar-refractivity contribution >= 4 is 11.8 Å². The maximum Gasteiger partial charge on any atom is 0.0544 e. The molecule has 0 atom stereocenters. The first-order valence-electron chi connectivity index (χ1n) is 4.95. The Balaban J connectivity index is 2.18. The van der Waals surface area contributed by atoms with E-state index in [1.54, 1.807) is 0 Å². The molecule has 14 heavy (non-hydrogen) atoms. The molecule has 1 aromatic rings. The predicted octanol–water partition coefficient (Wildman–Crippen LogP) is 2.23. The molecule has 0 aliphatic carbocycles. The van der Waals surface area contributed by atoms with Crippen LogP contribution in [0, 0.1) is 6.92 Å². The lowest BCUT2D eigenvalue weighted by atomic mass is 10.3. The van der Waals surface area contributed by atoms with E-state index in [-0.39, 0.29) is 0 Å². The van der Waals surface area contributed by atoms with Gasteiger partial charge in [0.15, 0.2) is 0 Å². The minimum Gasteiger partial charge on any atom is -0.311 e. The molecule has 0 aliphatic rings. The van der Waals surface area contributed by atoms with E-state index in [1.807, 2.05) is 24.8 Å². The average molecular weight is 210 g/mol. The molecule has 0 amide bonds. The molecule has 0 aromatic carbocycles. The Hall–Kier alpha value is -0.540. The zero-order valence-electron chi connectivity index (χ0n) is 8.92. The average Bonchev–Trinajstić information content (AvgIpc) is 2.18. The summed E-state index contributed by atoms with van der Waals surface area (Å²) >= 11 is 1.89. The topological polar surface area (TPSA) is 24.9 Å². The summed E-state index contributed by atoms with van der Waals surface area (Å²) in [5.41, 5.74) is 2.22. The quantitative estimate of drug-likeness (QED) is 0.729. The van der Waals surface area contributed by atoms with E-state index < -0.39 is 0 Å². The molecule has 2 nitrogen and oxygen atoms in total. The maximum atomic E-state index is 4.42. The molecule has 0 spiro atoms. The monoisotopic (exact) mass is 210 g/mol. The highest BCUT2D eigenvalue weighted by Gasteiger charge is 1.93. The van der Waals surface area contributed by atoms with Gasteiger partial charge >= 0.3 is 0 Å². The molecular formula is C11H18N2S. The van der Waals surface area contributed by atoms with Crippen LogP contribution in [0.2, 0.25) is 0 Å². The number of pyridine rings is 1. The van der Waals surface area contributed by atoms with Crippen LogP contribution in [0.3, 0.4) is 0 Å². The van der Waals surface area contributed by atoms with Gasteiger partial charge in [-0.2, -0.15) is 11.8 Å². The smallest absolute Gasteiger partial charge is 0.0544 e. The summed E-state index contributed by atoms with van der Waals surface area (Å²) in [6.07, 6.45) is 3.37. The van der Waals surface area contributed by atoms with Gasteiger partial charge in [0, 0.05) is 12.2 Å².